The fourth-order valence-electron chi connectivity index (χ4n) is 1.61. The third-order valence-corrected chi connectivity index (χ3v) is 2.46. The largest absolute Gasteiger partial charge is 0.459 e. The molecule has 8 heteroatoms. The van der Waals surface area contributed by atoms with Gasteiger partial charge in [-0.15, -0.1) is 0 Å². The smallest absolute Gasteiger partial charge is 0.415 e. The molecule has 0 aromatic carbocycles. The van der Waals surface area contributed by atoms with E-state index in [1.54, 1.807) is 13.8 Å². The van der Waals surface area contributed by atoms with Gasteiger partial charge in [-0.3, -0.25) is 9.69 Å². The first-order valence-corrected chi connectivity index (χ1v) is 6.10. The zero-order valence-electron chi connectivity index (χ0n) is 11.3. The molecule has 0 unspecified atom stereocenters. The van der Waals surface area contributed by atoms with E-state index in [2.05, 4.69) is 10.1 Å². The van der Waals surface area contributed by atoms with Crippen molar-refractivity contribution in [2.75, 3.05) is 19.8 Å². The molecule has 1 heterocycles. The van der Waals surface area contributed by atoms with Crippen molar-refractivity contribution in [1.82, 2.24) is 10.2 Å². The van der Waals surface area contributed by atoms with Gasteiger partial charge in [0.2, 0.25) is 0 Å². The predicted octanol–water partition coefficient (Wildman–Crippen LogP) is 0.263. The van der Waals surface area contributed by atoms with Crippen LogP contribution in [-0.2, 0) is 19.1 Å². The number of hydrogen-bond acceptors (Lipinski definition) is 6. The number of nitrogens with one attached hydrogen (secondary N) is 1. The van der Waals surface area contributed by atoms with E-state index < -0.39 is 18.0 Å². The predicted molar refractivity (Wildman–Crippen MR) is 65.8 cm³/mol. The summed E-state index contributed by atoms with van der Waals surface area (Å²) in [6, 6.07) is 1.88. The Labute approximate surface area is 115 Å². The Morgan fingerprint density at radius 2 is 1.95 bits per heavy atom. The number of nitrogens with zero attached hydrogens (tertiary/aromatic N) is 2. The molecular weight excluding hydrogens is 266 g/mol. The molecule has 0 aromatic rings. The summed E-state index contributed by atoms with van der Waals surface area (Å²) in [7, 11) is 0. The molecule has 8 nitrogen and oxygen atoms in total. The summed E-state index contributed by atoms with van der Waals surface area (Å²) >= 11 is 0. The number of amides is 2. The number of esters is 1. The first-order valence-electron chi connectivity index (χ1n) is 6.10. The molecule has 0 bridgehead atoms. The molecule has 1 aliphatic rings. The lowest BCUT2D eigenvalue weighted by atomic mass is 10.2. The molecule has 2 amide bonds. The van der Waals surface area contributed by atoms with Crippen molar-refractivity contribution in [3.8, 4) is 6.07 Å². The molecule has 0 atom stereocenters. The Hall–Kier alpha value is -2.56. The zero-order valence-corrected chi connectivity index (χ0v) is 11.3. The maximum atomic E-state index is 11.7. The quantitative estimate of drug-likeness (QED) is 0.587. The highest BCUT2D eigenvalue weighted by atomic mass is 16.6. The summed E-state index contributed by atoms with van der Waals surface area (Å²) in [5, 5.41) is 11.2. The SMILES string of the molecule is CCOC(=O)C(=O)NC1=C(C#N)CCN1C(=O)OCC. The Kier molecular flexibility index (Phi) is 5.53. The maximum absolute atomic E-state index is 11.7. The summed E-state index contributed by atoms with van der Waals surface area (Å²) < 4.78 is 9.35. The van der Waals surface area contributed by atoms with Crippen LogP contribution in [0.5, 0.6) is 0 Å². The minimum Gasteiger partial charge on any atom is -0.459 e. The van der Waals surface area contributed by atoms with Crippen LogP contribution in [0.15, 0.2) is 11.4 Å². The van der Waals surface area contributed by atoms with Gasteiger partial charge in [-0.25, -0.2) is 9.59 Å². The monoisotopic (exact) mass is 281 g/mol. The van der Waals surface area contributed by atoms with Gasteiger partial charge in [-0.2, -0.15) is 5.26 Å². The number of carbonyl (C=O) groups is 3. The number of ether oxygens (including phenoxy) is 2. The highest BCUT2D eigenvalue weighted by Crippen LogP contribution is 2.21. The van der Waals surface area contributed by atoms with Crippen molar-refractivity contribution >= 4 is 18.0 Å². The average Bonchev–Trinajstić information content (AvgIpc) is 2.82. The highest BCUT2D eigenvalue weighted by Gasteiger charge is 2.31. The third kappa shape index (κ3) is 3.47. The van der Waals surface area contributed by atoms with Crippen molar-refractivity contribution in [2.24, 2.45) is 0 Å². The number of hydrogen-bond donors (Lipinski definition) is 1. The molecule has 1 aliphatic heterocycles. The minimum atomic E-state index is -1.08. The van der Waals surface area contributed by atoms with Crippen LogP contribution in [0.2, 0.25) is 0 Å². The highest BCUT2D eigenvalue weighted by molar-refractivity contribution is 6.32. The van der Waals surface area contributed by atoms with Gasteiger partial charge in [0.25, 0.3) is 0 Å². The van der Waals surface area contributed by atoms with E-state index in [1.807, 2.05) is 6.07 Å². The summed E-state index contributed by atoms with van der Waals surface area (Å²) in [6.45, 7) is 3.62. The molecule has 0 saturated carbocycles. The van der Waals surface area contributed by atoms with Crippen molar-refractivity contribution in [2.45, 2.75) is 20.3 Å². The maximum Gasteiger partial charge on any atom is 0.415 e. The van der Waals surface area contributed by atoms with E-state index in [0.29, 0.717) is 0 Å². The summed E-state index contributed by atoms with van der Waals surface area (Å²) in [4.78, 5) is 35.6. The Morgan fingerprint density at radius 3 is 2.50 bits per heavy atom. The Morgan fingerprint density at radius 1 is 1.30 bits per heavy atom. The van der Waals surface area contributed by atoms with Gasteiger partial charge in [0, 0.05) is 13.0 Å². The van der Waals surface area contributed by atoms with Crippen molar-refractivity contribution in [1.29, 1.82) is 5.26 Å². The fraction of sp³-hybridized carbons (Fsp3) is 0.500. The average molecular weight is 281 g/mol. The van der Waals surface area contributed by atoms with Crippen LogP contribution in [-0.4, -0.2) is 42.6 Å². The molecule has 0 saturated heterocycles. The van der Waals surface area contributed by atoms with E-state index in [9.17, 15) is 14.4 Å². The second-order valence-corrected chi connectivity index (χ2v) is 3.71. The number of rotatable bonds is 3. The molecule has 0 spiro atoms. The molecular formula is C12H15N3O5. The van der Waals surface area contributed by atoms with Crippen LogP contribution in [0.25, 0.3) is 0 Å². The standard InChI is InChI=1S/C12H15N3O5/c1-3-19-11(17)10(16)14-9-8(7-13)5-6-15(9)12(18)20-4-2/h3-6H2,1-2H3,(H,14,16). The normalized spacial score (nSPS) is 13.8. The molecule has 20 heavy (non-hydrogen) atoms. The van der Waals surface area contributed by atoms with Crippen LogP contribution in [0.1, 0.15) is 20.3 Å². The van der Waals surface area contributed by atoms with Gasteiger partial charge in [0.1, 0.15) is 5.82 Å². The van der Waals surface area contributed by atoms with E-state index in [1.165, 1.54) is 0 Å². The summed E-state index contributed by atoms with van der Waals surface area (Å²) in [5.41, 5.74) is 0.204. The van der Waals surface area contributed by atoms with Gasteiger partial charge in [-0.1, -0.05) is 0 Å². The lowest BCUT2D eigenvalue weighted by molar-refractivity contribution is -0.154. The fourth-order valence-corrected chi connectivity index (χ4v) is 1.61. The molecule has 1 N–H and O–H groups in total. The first-order chi connectivity index (χ1) is 9.54. The summed E-state index contributed by atoms with van der Waals surface area (Å²) in [6.07, 6.45) is -0.398. The lowest BCUT2D eigenvalue weighted by Crippen LogP contribution is -2.40. The zero-order chi connectivity index (χ0) is 15.1. The van der Waals surface area contributed by atoms with Crippen molar-refractivity contribution < 1.29 is 23.9 Å². The Balaban J connectivity index is 2.86. The van der Waals surface area contributed by atoms with Crippen molar-refractivity contribution in [3.05, 3.63) is 11.4 Å². The van der Waals surface area contributed by atoms with E-state index in [0.717, 1.165) is 4.90 Å². The van der Waals surface area contributed by atoms with Crippen molar-refractivity contribution in [3.63, 3.8) is 0 Å². The molecule has 1 rings (SSSR count). The van der Waals surface area contributed by atoms with E-state index in [4.69, 9.17) is 10.00 Å². The first kappa shape index (κ1) is 15.5. The van der Waals surface area contributed by atoms with Gasteiger partial charge >= 0.3 is 18.0 Å². The second-order valence-electron chi connectivity index (χ2n) is 3.71. The van der Waals surface area contributed by atoms with Gasteiger partial charge in [0.15, 0.2) is 0 Å². The molecule has 0 aromatic heterocycles. The number of carbonyl (C=O) groups excluding carboxylic acids is 3. The molecule has 0 radical (unpaired) electrons. The third-order valence-electron chi connectivity index (χ3n) is 2.46. The molecule has 0 aliphatic carbocycles. The van der Waals surface area contributed by atoms with Crippen LogP contribution >= 0.6 is 0 Å². The Bertz CT molecular complexity index is 492. The molecule has 0 fully saturated rings. The van der Waals surface area contributed by atoms with E-state index in [-0.39, 0.29) is 37.6 Å². The topological polar surface area (TPSA) is 109 Å². The lowest BCUT2D eigenvalue weighted by Gasteiger charge is -2.19. The summed E-state index contributed by atoms with van der Waals surface area (Å²) in [5.74, 6) is -2.14. The van der Waals surface area contributed by atoms with Gasteiger partial charge < -0.3 is 14.8 Å². The van der Waals surface area contributed by atoms with Crippen LogP contribution in [0, 0.1) is 11.3 Å². The van der Waals surface area contributed by atoms with Gasteiger partial charge in [0.05, 0.1) is 24.9 Å². The van der Waals surface area contributed by atoms with Crippen LogP contribution in [0.3, 0.4) is 0 Å². The number of nitriles is 1. The minimum absolute atomic E-state index is 0.0241. The van der Waals surface area contributed by atoms with Gasteiger partial charge in [-0.05, 0) is 13.8 Å². The second kappa shape index (κ2) is 7.13. The van der Waals surface area contributed by atoms with Crippen LogP contribution < -0.4 is 5.32 Å². The van der Waals surface area contributed by atoms with Crippen LogP contribution in [0.4, 0.5) is 4.79 Å². The van der Waals surface area contributed by atoms with E-state index >= 15 is 0 Å². The molecule has 108 valence electrons.